The third-order valence-corrected chi connectivity index (χ3v) is 2.53. The summed E-state index contributed by atoms with van der Waals surface area (Å²) in [6, 6.07) is 10.5. The molecule has 0 saturated heterocycles. The molecule has 0 radical (unpaired) electrons. The summed E-state index contributed by atoms with van der Waals surface area (Å²) in [6.07, 6.45) is 0. The summed E-state index contributed by atoms with van der Waals surface area (Å²) in [7, 11) is 0. The lowest BCUT2D eigenvalue weighted by molar-refractivity contribution is 0.304. The highest BCUT2D eigenvalue weighted by molar-refractivity contribution is 5.46. The van der Waals surface area contributed by atoms with Gasteiger partial charge in [-0.2, -0.15) is 0 Å². The molecule has 20 heavy (non-hydrogen) atoms. The SMILES string of the molecule is NCC#Cc1ccccc1OCc1cc(F)cc(F)c1. The van der Waals surface area contributed by atoms with Crippen LogP contribution in [0.3, 0.4) is 0 Å². The van der Waals surface area contributed by atoms with Gasteiger partial charge in [0.2, 0.25) is 0 Å². The fourth-order valence-corrected chi connectivity index (χ4v) is 1.70. The summed E-state index contributed by atoms with van der Waals surface area (Å²) in [6.45, 7) is 0.319. The van der Waals surface area contributed by atoms with Crippen molar-refractivity contribution in [3.05, 3.63) is 65.2 Å². The van der Waals surface area contributed by atoms with Crippen LogP contribution in [-0.2, 0) is 6.61 Å². The molecule has 0 bridgehead atoms. The van der Waals surface area contributed by atoms with Gasteiger partial charge in [0, 0.05) is 6.07 Å². The van der Waals surface area contributed by atoms with E-state index in [9.17, 15) is 8.78 Å². The highest BCUT2D eigenvalue weighted by Crippen LogP contribution is 2.19. The number of rotatable bonds is 3. The van der Waals surface area contributed by atoms with Crippen molar-refractivity contribution in [2.75, 3.05) is 6.54 Å². The van der Waals surface area contributed by atoms with Gasteiger partial charge in [-0.25, -0.2) is 8.78 Å². The van der Waals surface area contributed by atoms with Gasteiger partial charge in [-0.05, 0) is 29.8 Å². The minimum Gasteiger partial charge on any atom is -0.488 e. The molecule has 4 heteroatoms. The lowest BCUT2D eigenvalue weighted by atomic mass is 10.2. The van der Waals surface area contributed by atoms with Crippen LogP contribution in [0, 0.1) is 23.5 Å². The average Bonchev–Trinajstić information content (AvgIpc) is 2.43. The Balaban J connectivity index is 2.14. The summed E-state index contributed by atoms with van der Waals surface area (Å²) in [5.74, 6) is 4.93. The average molecular weight is 273 g/mol. The molecular formula is C16H13F2NO. The van der Waals surface area contributed by atoms with Crippen LogP contribution in [-0.4, -0.2) is 6.54 Å². The first kappa shape index (κ1) is 14.0. The highest BCUT2D eigenvalue weighted by atomic mass is 19.1. The Morgan fingerprint density at radius 3 is 2.45 bits per heavy atom. The second kappa shape index (κ2) is 6.69. The minimum atomic E-state index is -0.625. The Morgan fingerprint density at radius 2 is 1.75 bits per heavy atom. The summed E-state index contributed by atoms with van der Waals surface area (Å²) >= 11 is 0. The van der Waals surface area contributed by atoms with Crippen molar-refractivity contribution >= 4 is 0 Å². The Hall–Kier alpha value is -2.38. The number of hydrogen-bond donors (Lipinski definition) is 1. The first-order chi connectivity index (χ1) is 9.69. The summed E-state index contributed by atoms with van der Waals surface area (Å²) in [5, 5.41) is 0. The first-order valence-corrected chi connectivity index (χ1v) is 6.05. The number of ether oxygens (including phenoxy) is 1. The van der Waals surface area contributed by atoms with Crippen LogP contribution in [0.4, 0.5) is 8.78 Å². The number of hydrogen-bond acceptors (Lipinski definition) is 2. The van der Waals surface area contributed by atoms with Gasteiger partial charge in [0.15, 0.2) is 0 Å². The topological polar surface area (TPSA) is 35.2 Å². The number of nitrogens with two attached hydrogens (primary N) is 1. The van der Waals surface area contributed by atoms with Crippen molar-refractivity contribution in [1.82, 2.24) is 0 Å². The smallest absolute Gasteiger partial charge is 0.135 e. The molecule has 2 nitrogen and oxygen atoms in total. The van der Waals surface area contributed by atoms with Gasteiger partial charge in [-0.3, -0.25) is 0 Å². The molecular weight excluding hydrogens is 260 g/mol. The largest absolute Gasteiger partial charge is 0.488 e. The molecule has 102 valence electrons. The summed E-state index contributed by atoms with van der Waals surface area (Å²) in [5.41, 5.74) is 6.44. The molecule has 0 heterocycles. The molecule has 0 amide bonds. The van der Waals surface area contributed by atoms with Crippen LogP contribution in [0.25, 0.3) is 0 Å². The molecule has 2 N–H and O–H groups in total. The predicted octanol–water partition coefficient (Wildman–Crippen LogP) is 2.85. The van der Waals surface area contributed by atoms with Crippen molar-refractivity contribution in [2.45, 2.75) is 6.61 Å². The van der Waals surface area contributed by atoms with E-state index in [4.69, 9.17) is 10.5 Å². The Morgan fingerprint density at radius 1 is 1.05 bits per heavy atom. The van der Waals surface area contributed by atoms with E-state index in [1.165, 1.54) is 12.1 Å². The molecule has 0 saturated carbocycles. The van der Waals surface area contributed by atoms with Crippen molar-refractivity contribution in [2.24, 2.45) is 5.73 Å². The fourth-order valence-electron chi connectivity index (χ4n) is 1.70. The molecule has 2 aromatic carbocycles. The Bertz CT molecular complexity index is 639. The summed E-state index contributed by atoms with van der Waals surface area (Å²) < 4.78 is 31.7. The van der Waals surface area contributed by atoms with E-state index >= 15 is 0 Å². The molecule has 0 aliphatic carbocycles. The van der Waals surface area contributed by atoms with Crippen LogP contribution in [0.1, 0.15) is 11.1 Å². The zero-order valence-corrected chi connectivity index (χ0v) is 10.7. The fraction of sp³-hybridized carbons (Fsp3) is 0.125. The van der Waals surface area contributed by atoms with Crippen LogP contribution < -0.4 is 10.5 Å². The number of halogens is 2. The molecule has 2 aromatic rings. The second-order valence-corrected chi connectivity index (χ2v) is 4.07. The van der Waals surface area contributed by atoms with Gasteiger partial charge in [-0.15, -0.1) is 0 Å². The highest BCUT2D eigenvalue weighted by Gasteiger charge is 2.04. The minimum absolute atomic E-state index is 0.0655. The van der Waals surface area contributed by atoms with Crippen molar-refractivity contribution in [1.29, 1.82) is 0 Å². The molecule has 0 aliphatic rings. The number of para-hydroxylation sites is 1. The summed E-state index contributed by atoms with van der Waals surface area (Å²) in [4.78, 5) is 0. The molecule has 0 fully saturated rings. The molecule has 0 spiro atoms. The zero-order chi connectivity index (χ0) is 14.4. The van der Waals surface area contributed by atoms with Gasteiger partial charge >= 0.3 is 0 Å². The Labute approximate surface area is 116 Å². The second-order valence-electron chi connectivity index (χ2n) is 4.07. The third kappa shape index (κ3) is 3.81. The van der Waals surface area contributed by atoms with Gasteiger partial charge in [-0.1, -0.05) is 24.0 Å². The maximum absolute atomic E-state index is 13.1. The predicted molar refractivity (Wildman–Crippen MR) is 73.1 cm³/mol. The molecule has 0 aromatic heterocycles. The lowest BCUT2D eigenvalue weighted by Gasteiger charge is -2.08. The van der Waals surface area contributed by atoms with Crippen LogP contribution in [0.5, 0.6) is 5.75 Å². The van der Waals surface area contributed by atoms with Crippen molar-refractivity contribution in [3.63, 3.8) is 0 Å². The van der Waals surface area contributed by atoms with Crippen LogP contribution >= 0.6 is 0 Å². The molecule has 2 rings (SSSR count). The van der Waals surface area contributed by atoms with Gasteiger partial charge < -0.3 is 10.5 Å². The monoisotopic (exact) mass is 273 g/mol. The Kier molecular flexibility index (Phi) is 4.70. The maximum Gasteiger partial charge on any atom is 0.135 e. The van der Waals surface area contributed by atoms with E-state index in [0.29, 0.717) is 16.9 Å². The van der Waals surface area contributed by atoms with Crippen molar-refractivity contribution in [3.8, 4) is 17.6 Å². The van der Waals surface area contributed by atoms with Gasteiger partial charge in [0.05, 0.1) is 12.1 Å². The van der Waals surface area contributed by atoms with E-state index in [1.54, 1.807) is 18.2 Å². The van der Waals surface area contributed by atoms with E-state index < -0.39 is 11.6 Å². The van der Waals surface area contributed by atoms with E-state index in [2.05, 4.69) is 11.8 Å². The van der Waals surface area contributed by atoms with Gasteiger partial charge in [0.25, 0.3) is 0 Å². The van der Waals surface area contributed by atoms with E-state index in [0.717, 1.165) is 6.07 Å². The van der Waals surface area contributed by atoms with Crippen LogP contribution in [0.15, 0.2) is 42.5 Å². The van der Waals surface area contributed by atoms with Crippen LogP contribution in [0.2, 0.25) is 0 Å². The zero-order valence-electron chi connectivity index (χ0n) is 10.7. The van der Waals surface area contributed by atoms with Crippen molar-refractivity contribution < 1.29 is 13.5 Å². The standard InChI is InChI=1S/C16H13F2NO/c17-14-8-12(9-15(18)10-14)11-20-16-6-2-1-4-13(16)5-3-7-19/h1-2,4,6,8-10H,7,11,19H2. The molecule has 0 unspecified atom stereocenters. The first-order valence-electron chi connectivity index (χ1n) is 6.05. The lowest BCUT2D eigenvalue weighted by Crippen LogP contribution is -1.99. The van der Waals surface area contributed by atoms with E-state index in [-0.39, 0.29) is 13.2 Å². The number of benzene rings is 2. The molecule has 0 aliphatic heterocycles. The maximum atomic E-state index is 13.1. The molecule has 0 atom stereocenters. The third-order valence-electron chi connectivity index (χ3n) is 2.53. The quantitative estimate of drug-likeness (QED) is 0.873. The normalized spacial score (nSPS) is 9.75. The van der Waals surface area contributed by atoms with Gasteiger partial charge in [0.1, 0.15) is 24.0 Å². The van der Waals surface area contributed by atoms with E-state index in [1.807, 2.05) is 6.07 Å².